The predicted octanol–water partition coefficient (Wildman–Crippen LogP) is 2.74. The number of halogens is 1. The van der Waals surface area contributed by atoms with Gasteiger partial charge >= 0.3 is 0 Å². The van der Waals surface area contributed by atoms with Crippen molar-refractivity contribution < 1.29 is 12.8 Å². The molecule has 0 spiro atoms. The van der Waals surface area contributed by atoms with Crippen LogP contribution in [0.25, 0.3) is 16.9 Å². The SMILES string of the molecule is O=S(=O)(c1ccc2c(c1)CCCC2)N1CCN(c2ncnc3c2nnn3-c2ccc(F)cc2)CC1. The first-order valence-corrected chi connectivity index (χ1v) is 13.1. The molecule has 180 valence electrons. The third kappa shape index (κ3) is 3.94. The lowest BCUT2D eigenvalue weighted by atomic mass is 9.92. The minimum absolute atomic E-state index is 0.336. The lowest BCUT2D eigenvalue weighted by molar-refractivity contribution is 0.384. The summed E-state index contributed by atoms with van der Waals surface area (Å²) in [5.41, 5.74) is 4.08. The molecule has 0 N–H and O–H groups in total. The van der Waals surface area contributed by atoms with Gasteiger partial charge in [0, 0.05) is 26.2 Å². The molecule has 1 fully saturated rings. The van der Waals surface area contributed by atoms with Crippen LogP contribution in [-0.2, 0) is 22.9 Å². The van der Waals surface area contributed by atoms with Gasteiger partial charge in [-0.05, 0) is 73.2 Å². The van der Waals surface area contributed by atoms with Gasteiger partial charge in [0.15, 0.2) is 17.0 Å². The summed E-state index contributed by atoms with van der Waals surface area (Å²) in [4.78, 5) is 11.1. The third-order valence-corrected chi connectivity index (χ3v) is 8.68. The summed E-state index contributed by atoms with van der Waals surface area (Å²) in [6, 6.07) is 11.5. The Kier molecular flexibility index (Phi) is 5.45. The summed E-state index contributed by atoms with van der Waals surface area (Å²) in [5.74, 6) is 0.269. The molecule has 0 bridgehead atoms. The van der Waals surface area contributed by atoms with Gasteiger partial charge in [0.1, 0.15) is 12.1 Å². The number of nitrogens with zero attached hydrogens (tertiary/aromatic N) is 7. The average Bonchev–Trinajstić information content (AvgIpc) is 3.33. The van der Waals surface area contributed by atoms with Crippen LogP contribution < -0.4 is 4.90 Å². The molecule has 0 amide bonds. The van der Waals surface area contributed by atoms with Crippen molar-refractivity contribution in [3.05, 3.63) is 65.7 Å². The van der Waals surface area contributed by atoms with Gasteiger partial charge in [0.05, 0.1) is 10.6 Å². The van der Waals surface area contributed by atoms with Gasteiger partial charge in [0.2, 0.25) is 10.0 Å². The summed E-state index contributed by atoms with van der Waals surface area (Å²) in [6.45, 7) is 1.63. The molecular formula is C24H24FN7O2S. The van der Waals surface area contributed by atoms with Gasteiger partial charge in [-0.3, -0.25) is 0 Å². The molecular weight excluding hydrogens is 469 g/mol. The van der Waals surface area contributed by atoms with E-state index in [1.165, 1.54) is 28.7 Å². The second-order valence-electron chi connectivity index (χ2n) is 8.88. The van der Waals surface area contributed by atoms with Crippen molar-refractivity contribution in [2.45, 2.75) is 30.6 Å². The van der Waals surface area contributed by atoms with Crippen LogP contribution >= 0.6 is 0 Å². The van der Waals surface area contributed by atoms with Gasteiger partial charge in [-0.15, -0.1) is 5.10 Å². The van der Waals surface area contributed by atoms with E-state index in [2.05, 4.69) is 20.3 Å². The van der Waals surface area contributed by atoms with Gasteiger partial charge in [-0.25, -0.2) is 22.8 Å². The zero-order valence-corrected chi connectivity index (χ0v) is 19.8. The standard InChI is InChI=1S/C24H24FN7O2S/c25-19-6-8-20(9-7-19)32-24-22(28-29-32)23(26-16-27-24)30-11-13-31(14-12-30)35(33,34)21-10-5-17-3-1-2-4-18(17)15-21/h5-10,15-16H,1-4,11-14H2. The number of aryl methyl sites for hydroxylation is 2. The molecule has 35 heavy (non-hydrogen) atoms. The Labute approximate surface area is 202 Å². The average molecular weight is 494 g/mol. The second-order valence-corrected chi connectivity index (χ2v) is 10.8. The van der Waals surface area contributed by atoms with Crippen LogP contribution in [0.4, 0.5) is 10.2 Å². The number of piperazine rings is 1. The number of benzene rings is 2. The fraction of sp³-hybridized carbons (Fsp3) is 0.333. The monoisotopic (exact) mass is 493 g/mol. The van der Waals surface area contributed by atoms with E-state index in [0.717, 1.165) is 31.2 Å². The quantitative estimate of drug-likeness (QED) is 0.431. The summed E-state index contributed by atoms with van der Waals surface area (Å²) in [7, 11) is -3.57. The molecule has 6 rings (SSSR count). The van der Waals surface area contributed by atoms with E-state index in [1.807, 2.05) is 17.0 Å². The Hall–Kier alpha value is -3.44. The number of aromatic nitrogens is 5. The van der Waals surface area contributed by atoms with Crippen LogP contribution in [0.15, 0.2) is 53.7 Å². The second kappa shape index (κ2) is 8.65. The number of fused-ring (bicyclic) bond motifs is 2. The molecule has 0 radical (unpaired) electrons. The van der Waals surface area contributed by atoms with E-state index in [4.69, 9.17) is 0 Å². The molecule has 2 aromatic heterocycles. The number of rotatable bonds is 4. The molecule has 0 unspecified atom stereocenters. The first-order chi connectivity index (χ1) is 17.0. The normalized spacial score (nSPS) is 17.0. The first kappa shape index (κ1) is 22.1. The van der Waals surface area contributed by atoms with Crippen LogP contribution in [0.2, 0.25) is 0 Å². The fourth-order valence-corrected chi connectivity index (χ4v) is 6.36. The summed E-state index contributed by atoms with van der Waals surface area (Å²) >= 11 is 0. The van der Waals surface area contributed by atoms with Gasteiger partial charge in [0.25, 0.3) is 0 Å². The van der Waals surface area contributed by atoms with E-state index < -0.39 is 10.0 Å². The van der Waals surface area contributed by atoms with Crippen molar-refractivity contribution in [2.24, 2.45) is 0 Å². The van der Waals surface area contributed by atoms with Gasteiger partial charge in [-0.1, -0.05) is 11.3 Å². The smallest absolute Gasteiger partial charge is 0.243 e. The van der Waals surface area contributed by atoms with Crippen molar-refractivity contribution in [3.63, 3.8) is 0 Å². The van der Waals surface area contributed by atoms with Crippen LogP contribution in [0.1, 0.15) is 24.0 Å². The maximum absolute atomic E-state index is 13.3. The maximum atomic E-state index is 13.3. The van der Waals surface area contributed by atoms with Crippen LogP contribution in [-0.4, -0.2) is 63.9 Å². The molecule has 2 aliphatic rings. The molecule has 1 aliphatic heterocycles. The van der Waals surface area contributed by atoms with Crippen molar-refractivity contribution in [1.82, 2.24) is 29.3 Å². The van der Waals surface area contributed by atoms with Crippen molar-refractivity contribution >= 4 is 27.0 Å². The Morgan fingerprint density at radius 2 is 1.60 bits per heavy atom. The van der Waals surface area contributed by atoms with Crippen molar-refractivity contribution in [2.75, 3.05) is 31.1 Å². The number of sulfonamides is 1. The number of anilines is 1. The Balaban J connectivity index is 1.22. The summed E-state index contributed by atoms with van der Waals surface area (Å²) in [5, 5.41) is 8.46. The van der Waals surface area contributed by atoms with Crippen LogP contribution in [0.5, 0.6) is 0 Å². The van der Waals surface area contributed by atoms with Crippen molar-refractivity contribution in [1.29, 1.82) is 0 Å². The molecule has 3 heterocycles. The predicted molar refractivity (Wildman–Crippen MR) is 128 cm³/mol. The van der Waals surface area contributed by atoms with E-state index in [-0.39, 0.29) is 5.82 Å². The topological polar surface area (TPSA) is 97.1 Å². The summed E-state index contributed by atoms with van der Waals surface area (Å²) < 4.78 is 43.1. The molecule has 1 aliphatic carbocycles. The third-order valence-electron chi connectivity index (χ3n) is 6.79. The number of hydrogen-bond acceptors (Lipinski definition) is 7. The fourth-order valence-electron chi connectivity index (χ4n) is 4.88. The largest absolute Gasteiger partial charge is 0.352 e. The highest BCUT2D eigenvalue weighted by atomic mass is 32.2. The van der Waals surface area contributed by atoms with E-state index >= 15 is 0 Å². The lowest BCUT2D eigenvalue weighted by Gasteiger charge is -2.34. The maximum Gasteiger partial charge on any atom is 0.243 e. The summed E-state index contributed by atoms with van der Waals surface area (Å²) in [6.07, 6.45) is 5.67. The lowest BCUT2D eigenvalue weighted by Crippen LogP contribution is -2.49. The molecule has 1 saturated heterocycles. The Morgan fingerprint density at radius 3 is 2.37 bits per heavy atom. The highest BCUT2D eigenvalue weighted by Gasteiger charge is 2.31. The number of hydrogen-bond donors (Lipinski definition) is 0. The minimum Gasteiger partial charge on any atom is -0.352 e. The van der Waals surface area contributed by atoms with E-state index in [0.29, 0.717) is 53.7 Å². The van der Waals surface area contributed by atoms with E-state index in [1.54, 1.807) is 22.5 Å². The zero-order chi connectivity index (χ0) is 24.0. The van der Waals surface area contributed by atoms with E-state index in [9.17, 15) is 12.8 Å². The molecule has 11 heteroatoms. The van der Waals surface area contributed by atoms with Crippen LogP contribution in [0, 0.1) is 5.82 Å². The molecule has 9 nitrogen and oxygen atoms in total. The van der Waals surface area contributed by atoms with Gasteiger partial charge < -0.3 is 4.90 Å². The van der Waals surface area contributed by atoms with Gasteiger partial charge in [-0.2, -0.15) is 8.99 Å². The molecule has 0 saturated carbocycles. The molecule has 4 aromatic rings. The zero-order valence-electron chi connectivity index (χ0n) is 19.0. The molecule has 0 atom stereocenters. The van der Waals surface area contributed by atoms with Crippen molar-refractivity contribution in [3.8, 4) is 5.69 Å². The minimum atomic E-state index is -3.57. The highest BCUT2D eigenvalue weighted by molar-refractivity contribution is 7.89. The molecule has 2 aromatic carbocycles. The first-order valence-electron chi connectivity index (χ1n) is 11.7. The highest BCUT2D eigenvalue weighted by Crippen LogP contribution is 2.28. The Morgan fingerprint density at radius 1 is 0.857 bits per heavy atom. The van der Waals surface area contributed by atoms with Crippen LogP contribution in [0.3, 0.4) is 0 Å². The Bertz CT molecular complexity index is 1500.